The van der Waals surface area contributed by atoms with Crippen LogP contribution in [0.2, 0.25) is 0 Å². The zero-order valence-corrected chi connectivity index (χ0v) is 15.4. The van der Waals surface area contributed by atoms with Crippen molar-refractivity contribution in [2.75, 3.05) is 6.61 Å². The lowest BCUT2D eigenvalue weighted by atomic mass is 9.79. The Hall–Kier alpha value is -1.68. The van der Waals surface area contributed by atoms with Crippen LogP contribution in [-0.2, 0) is 0 Å². The molecule has 1 nitrogen and oxygen atoms in total. The van der Waals surface area contributed by atoms with Gasteiger partial charge in [-0.05, 0) is 74.8 Å². The molecule has 0 aromatic heterocycles. The van der Waals surface area contributed by atoms with Crippen LogP contribution in [0.5, 0.6) is 5.75 Å². The van der Waals surface area contributed by atoms with Gasteiger partial charge in [-0.15, -0.1) is 0 Å². The molecule has 0 atom stereocenters. The maximum absolute atomic E-state index is 5.44. The number of allylic oxidation sites excluding steroid dienone is 2. The van der Waals surface area contributed by atoms with E-state index in [1.807, 2.05) is 31.2 Å². The van der Waals surface area contributed by atoms with Crippen molar-refractivity contribution in [1.29, 1.82) is 0 Å². The lowest BCUT2D eigenvalue weighted by Gasteiger charge is -2.26. The van der Waals surface area contributed by atoms with Crippen molar-refractivity contribution in [2.45, 2.75) is 65.2 Å². The second-order valence-electron chi connectivity index (χ2n) is 6.86. The van der Waals surface area contributed by atoms with Gasteiger partial charge in [-0.1, -0.05) is 50.5 Å². The minimum absolute atomic E-state index is 0.703. The normalized spacial score (nSPS) is 20.6. The Morgan fingerprint density at radius 3 is 2.46 bits per heavy atom. The van der Waals surface area contributed by atoms with Gasteiger partial charge in [0.15, 0.2) is 0 Å². The van der Waals surface area contributed by atoms with Crippen molar-refractivity contribution in [3.8, 4) is 17.6 Å². The Morgan fingerprint density at radius 2 is 1.79 bits per heavy atom. The van der Waals surface area contributed by atoms with E-state index in [2.05, 4.69) is 30.9 Å². The Morgan fingerprint density at radius 1 is 1.04 bits per heavy atom. The number of hydrogen-bond donors (Lipinski definition) is 0. The van der Waals surface area contributed by atoms with Crippen LogP contribution in [-0.4, -0.2) is 6.61 Å². The molecule has 1 aromatic carbocycles. The van der Waals surface area contributed by atoms with Crippen LogP contribution >= 0.6 is 0 Å². The van der Waals surface area contributed by atoms with Gasteiger partial charge in [0, 0.05) is 5.56 Å². The molecule has 1 saturated carbocycles. The molecular formula is C23H32O. The zero-order chi connectivity index (χ0) is 17.0. The first-order valence-corrected chi connectivity index (χ1v) is 9.72. The van der Waals surface area contributed by atoms with Crippen molar-refractivity contribution in [1.82, 2.24) is 0 Å². The molecule has 1 aromatic rings. The third kappa shape index (κ3) is 6.83. The molecule has 0 N–H and O–H groups in total. The fraction of sp³-hybridized carbons (Fsp3) is 0.565. The van der Waals surface area contributed by atoms with Gasteiger partial charge in [0.25, 0.3) is 0 Å². The van der Waals surface area contributed by atoms with Crippen molar-refractivity contribution >= 4 is 0 Å². The number of ether oxygens (including phenoxy) is 1. The third-order valence-corrected chi connectivity index (χ3v) is 4.94. The van der Waals surface area contributed by atoms with E-state index in [0.717, 1.165) is 23.1 Å². The summed E-state index contributed by atoms with van der Waals surface area (Å²) in [5.74, 6) is 9.02. The highest BCUT2D eigenvalue weighted by Crippen LogP contribution is 2.32. The summed E-state index contributed by atoms with van der Waals surface area (Å²) in [6.45, 7) is 4.99. The fourth-order valence-corrected chi connectivity index (χ4v) is 3.46. The molecule has 1 aliphatic carbocycles. The molecule has 130 valence electrons. The summed E-state index contributed by atoms with van der Waals surface area (Å²) < 4.78 is 5.44. The van der Waals surface area contributed by atoms with Gasteiger partial charge < -0.3 is 4.74 Å². The summed E-state index contributed by atoms with van der Waals surface area (Å²) in [6.07, 6.45) is 15.5. The largest absolute Gasteiger partial charge is 0.494 e. The van der Waals surface area contributed by atoms with Crippen LogP contribution in [0.25, 0.3) is 0 Å². The molecule has 0 heterocycles. The van der Waals surface area contributed by atoms with Crippen LogP contribution in [0.1, 0.15) is 70.8 Å². The number of rotatable bonds is 7. The Kier molecular flexibility index (Phi) is 8.53. The van der Waals surface area contributed by atoms with Crippen molar-refractivity contribution in [3.63, 3.8) is 0 Å². The van der Waals surface area contributed by atoms with E-state index < -0.39 is 0 Å². The van der Waals surface area contributed by atoms with E-state index in [-0.39, 0.29) is 0 Å². The predicted octanol–water partition coefficient (Wildman–Crippen LogP) is 6.38. The molecule has 1 aliphatic rings. The van der Waals surface area contributed by atoms with Gasteiger partial charge in [0.2, 0.25) is 0 Å². The molecule has 1 heteroatoms. The SMILES string of the molecule is CCCCCC1CCC(/C=C/C#Cc2ccc(OCC)cc2)CC1. The quantitative estimate of drug-likeness (QED) is 0.417. The number of benzene rings is 1. The molecule has 2 rings (SSSR count). The van der Waals surface area contributed by atoms with Crippen molar-refractivity contribution < 1.29 is 4.74 Å². The van der Waals surface area contributed by atoms with Gasteiger partial charge in [-0.3, -0.25) is 0 Å². The highest BCUT2D eigenvalue weighted by molar-refractivity contribution is 5.40. The summed E-state index contributed by atoms with van der Waals surface area (Å²) >= 11 is 0. The highest BCUT2D eigenvalue weighted by Gasteiger charge is 2.18. The topological polar surface area (TPSA) is 9.23 Å². The third-order valence-electron chi connectivity index (χ3n) is 4.94. The van der Waals surface area contributed by atoms with E-state index in [9.17, 15) is 0 Å². The van der Waals surface area contributed by atoms with E-state index >= 15 is 0 Å². The zero-order valence-electron chi connectivity index (χ0n) is 15.4. The monoisotopic (exact) mass is 324 g/mol. The van der Waals surface area contributed by atoms with Gasteiger partial charge in [0.05, 0.1) is 6.61 Å². The molecule has 0 unspecified atom stereocenters. The summed E-state index contributed by atoms with van der Waals surface area (Å²) in [5.41, 5.74) is 1.04. The van der Waals surface area contributed by atoms with Crippen molar-refractivity contribution in [3.05, 3.63) is 42.0 Å². The molecule has 24 heavy (non-hydrogen) atoms. The van der Waals surface area contributed by atoms with E-state index in [1.54, 1.807) is 0 Å². The molecule has 0 spiro atoms. The van der Waals surface area contributed by atoms with Crippen LogP contribution in [0.4, 0.5) is 0 Å². The first kappa shape index (κ1) is 18.7. The van der Waals surface area contributed by atoms with Gasteiger partial charge in [0.1, 0.15) is 5.75 Å². The lowest BCUT2D eigenvalue weighted by Crippen LogP contribution is -2.12. The molecular weight excluding hydrogens is 292 g/mol. The molecule has 0 aliphatic heterocycles. The maximum Gasteiger partial charge on any atom is 0.119 e. The molecule has 0 radical (unpaired) electrons. The molecule has 0 bridgehead atoms. The average Bonchev–Trinajstić information content (AvgIpc) is 2.62. The highest BCUT2D eigenvalue weighted by atomic mass is 16.5. The van der Waals surface area contributed by atoms with Crippen LogP contribution in [0, 0.1) is 23.7 Å². The fourth-order valence-electron chi connectivity index (χ4n) is 3.46. The standard InChI is InChI=1S/C23H32O/c1-3-5-6-9-20-12-14-21(15-13-20)10-7-8-11-22-16-18-23(19-17-22)24-4-2/h7,10,16-21H,3-6,9,12-15H2,1-2H3/b10-7+. The molecule has 0 saturated heterocycles. The van der Waals surface area contributed by atoms with E-state index in [0.29, 0.717) is 6.61 Å². The average molecular weight is 325 g/mol. The van der Waals surface area contributed by atoms with Gasteiger partial charge >= 0.3 is 0 Å². The number of unbranched alkanes of at least 4 members (excludes halogenated alkanes) is 2. The summed E-state index contributed by atoms with van der Waals surface area (Å²) in [7, 11) is 0. The first-order chi connectivity index (χ1) is 11.8. The predicted molar refractivity (Wildman–Crippen MR) is 103 cm³/mol. The van der Waals surface area contributed by atoms with Crippen LogP contribution < -0.4 is 4.74 Å². The summed E-state index contributed by atoms with van der Waals surface area (Å²) in [6, 6.07) is 8.01. The molecule has 0 amide bonds. The second kappa shape index (κ2) is 11.0. The Bertz CT molecular complexity index is 536. The second-order valence-corrected chi connectivity index (χ2v) is 6.86. The summed E-state index contributed by atoms with van der Waals surface area (Å²) in [5, 5.41) is 0. The lowest BCUT2D eigenvalue weighted by molar-refractivity contribution is 0.289. The minimum Gasteiger partial charge on any atom is -0.494 e. The minimum atomic E-state index is 0.703. The molecule has 1 fully saturated rings. The summed E-state index contributed by atoms with van der Waals surface area (Å²) in [4.78, 5) is 0. The van der Waals surface area contributed by atoms with Gasteiger partial charge in [-0.2, -0.15) is 0 Å². The Balaban J connectivity index is 1.71. The Labute approximate surface area is 148 Å². The first-order valence-electron chi connectivity index (χ1n) is 9.72. The van der Waals surface area contributed by atoms with Crippen LogP contribution in [0.3, 0.4) is 0 Å². The van der Waals surface area contributed by atoms with Crippen LogP contribution in [0.15, 0.2) is 36.4 Å². The smallest absolute Gasteiger partial charge is 0.119 e. The van der Waals surface area contributed by atoms with Gasteiger partial charge in [-0.25, -0.2) is 0 Å². The van der Waals surface area contributed by atoms with E-state index in [1.165, 1.54) is 51.4 Å². The maximum atomic E-state index is 5.44. The van der Waals surface area contributed by atoms with Crippen molar-refractivity contribution in [2.24, 2.45) is 11.8 Å². The van der Waals surface area contributed by atoms with E-state index in [4.69, 9.17) is 4.74 Å². The number of hydrogen-bond acceptors (Lipinski definition) is 1.